The van der Waals surface area contributed by atoms with E-state index in [4.69, 9.17) is 16.3 Å². The van der Waals surface area contributed by atoms with Crippen LogP contribution in [0.5, 0.6) is 5.75 Å². The average Bonchev–Trinajstić information content (AvgIpc) is 3.29. The van der Waals surface area contributed by atoms with E-state index in [1.165, 1.54) is 0 Å². The Morgan fingerprint density at radius 3 is 2.97 bits per heavy atom. The maximum absolute atomic E-state index is 12.1. The molecule has 0 saturated carbocycles. The van der Waals surface area contributed by atoms with Gasteiger partial charge in [0.25, 0.3) is 0 Å². The van der Waals surface area contributed by atoms with Gasteiger partial charge in [0.1, 0.15) is 5.75 Å². The van der Waals surface area contributed by atoms with Crippen LogP contribution < -0.4 is 4.74 Å². The van der Waals surface area contributed by atoms with Crippen molar-refractivity contribution in [2.75, 3.05) is 32.5 Å². The van der Waals surface area contributed by atoms with Crippen LogP contribution in [-0.4, -0.2) is 58.6 Å². The number of aliphatic hydroxyl groups is 1. The van der Waals surface area contributed by atoms with E-state index in [2.05, 4.69) is 9.88 Å². The summed E-state index contributed by atoms with van der Waals surface area (Å²) in [7, 11) is 1.62. The first-order valence-electron chi connectivity index (χ1n) is 11.9. The zero-order chi connectivity index (χ0) is 24.8. The number of likely N-dealkylation sites (tertiary alicyclic amines) is 1. The molecule has 2 N–H and O–H groups in total. The van der Waals surface area contributed by atoms with Crippen molar-refractivity contribution in [3.63, 3.8) is 0 Å². The maximum Gasteiger partial charge on any atom is 0.308 e. The van der Waals surface area contributed by atoms with Crippen LogP contribution in [-0.2, 0) is 4.79 Å². The highest BCUT2D eigenvalue weighted by molar-refractivity contribution is 8.01. The van der Waals surface area contributed by atoms with Crippen LogP contribution in [0, 0.1) is 11.8 Å². The molecule has 3 aromatic rings. The number of piperidine rings is 1. The number of thiophene rings is 1. The number of halogens is 1. The number of methoxy groups -OCH3 is 1. The van der Waals surface area contributed by atoms with Crippen molar-refractivity contribution in [2.24, 2.45) is 11.8 Å². The fourth-order valence-corrected chi connectivity index (χ4v) is 7.12. The predicted molar refractivity (Wildman–Crippen MR) is 143 cm³/mol. The van der Waals surface area contributed by atoms with E-state index in [-0.39, 0.29) is 5.92 Å². The summed E-state index contributed by atoms with van der Waals surface area (Å²) in [6.07, 6.45) is 4.04. The molecule has 0 aliphatic carbocycles. The number of aliphatic carboxylic acids is 1. The monoisotopic (exact) mass is 534 g/mol. The molecule has 1 aromatic carbocycles. The summed E-state index contributed by atoms with van der Waals surface area (Å²) in [5.74, 6) is 0.585. The number of hydrogen-bond acceptors (Lipinski definition) is 7. The number of carbonyl (C=O) groups is 1. The molecule has 9 heteroatoms. The molecular formula is C26H31ClN2O4S2. The van der Waals surface area contributed by atoms with E-state index in [9.17, 15) is 15.0 Å². The van der Waals surface area contributed by atoms with Crippen molar-refractivity contribution in [1.82, 2.24) is 9.88 Å². The van der Waals surface area contributed by atoms with Crippen molar-refractivity contribution in [1.29, 1.82) is 0 Å². The van der Waals surface area contributed by atoms with Gasteiger partial charge in [0, 0.05) is 23.9 Å². The Morgan fingerprint density at radius 1 is 1.37 bits per heavy atom. The molecule has 3 atom stereocenters. The van der Waals surface area contributed by atoms with Gasteiger partial charge in [0.15, 0.2) is 0 Å². The standard InChI is InChI=1S/C26H31ClN2O4S2/c1-33-18-4-5-23-20(15-18)19(7-10-28-23)24(30)6-3-17-8-12-29(16-21(17)25(31)32)11-2-13-34-26-22(27)9-14-35-26/h4-5,7,9-10,14-15,17,21,24,30H,2-3,6,8,11-13,16H2,1H3,(H,31,32)/t17-,21+,24?/m1/s1. The van der Waals surface area contributed by atoms with Gasteiger partial charge in [-0.15, -0.1) is 23.1 Å². The number of nitrogens with zero attached hydrogens (tertiary/aromatic N) is 2. The Bertz CT molecular complexity index is 1140. The van der Waals surface area contributed by atoms with Gasteiger partial charge < -0.3 is 19.8 Å². The number of carboxylic acids is 1. The zero-order valence-electron chi connectivity index (χ0n) is 19.7. The normalized spacial score (nSPS) is 19.6. The molecular weight excluding hydrogens is 504 g/mol. The molecule has 188 valence electrons. The molecule has 3 heterocycles. The van der Waals surface area contributed by atoms with Crippen LogP contribution in [0.3, 0.4) is 0 Å². The highest BCUT2D eigenvalue weighted by Crippen LogP contribution is 2.35. The van der Waals surface area contributed by atoms with Gasteiger partial charge in [-0.1, -0.05) is 11.6 Å². The second-order valence-electron chi connectivity index (χ2n) is 8.93. The fourth-order valence-electron chi connectivity index (χ4n) is 4.82. The van der Waals surface area contributed by atoms with Crippen LogP contribution in [0.15, 0.2) is 46.1 Å². The topological polar surface area (TPSA) is 82.9 Å². The van der Waals surface area contributed by atoms with Crippen LogP contribution in [0.25, 0.3) is 10.9 Å². The van der Waals surface area contributed by atoms with Gasteiger partial charge in [-0.2, -0.15) is 0 Å². The molecule has 1 aliphatic heterocycles. The summed E-state index contributed by atoms with van der Waals surface area (Å²) in [5, 5.41) is 24.6. The number of aromatic nitrogens is 1. The lowest BCUT2D eigenvalue weighted by Crippen LogP contribution is -2.44. The van der Waals surface area contributed by atoms with Crippen LogP contribution in [0.1, 0.15) is 37.4 Å². The molecule has 2 aromatic heterocycles. The third-order valence-electron chi connectivity index (χ3n) is 6.75. The SMILES string of the molecule is COc1ccc2nccc(C(O)CC[C@@H]3CCN(CCCSc4sccc4Cl)C[C@@H]3C(=O)O)c2c1. The minimum atomic E-state index is -0.743. The predicted octanol–water partition coefficient (Wildman–Crippen LogP) is 5.98. The van der Waals surface area contributed by atoms with Crippen molar-refractivity contribution in [2.45, 2.75) is 36.0 Å². The number of aliphatic hydroxyl groups excluding tert-OH is 1. The summed E-state index contributed by atoms with van der Waals surface area (Å²) in [5.41, 5.74) is 1.61. The van der Waals surface area contributed by atoms with Crippen LogP contribution in [0.2, 0.25) is 5.02 Å². The van der Waals surface area contributed by atoms with Crippen molar-refractivity contribution in [3.8, 4) is 5.75 Å². The number of thioether (sulfide) groups is 1. The quantitative estimate of drug-likeness (QED) is 0.231. The van der Waals surface area contributed by atoms with Crippen molar-refractivity contribution < 1.29 is 19.7 Å². The molecule has 0 radical (unpaired) electrons. The first kappa shape index (κ1) is 26.2. The molecule has 4 rings (SSSR count). The molecule has 1 saturated heterocycles. The lowest BCUT2D eigenvalue weighted by Gasteiger charge is -2.37. The molecule has 1 fully saturated rings. The Labute approximate surface area is 219 Å². The van der Waals surface area contributed by atoms with Crippen molar-refractivity contribution in [3.05, 3.63) is 52.5 Å². The first-order chi connectivity index (χ1) is 17.0. The molecule has 0 amide bonds. The third-order valence-corrected chi connectivity index (χ3v) is 9.61. The number of carboxylic acid groups (broad SMARTS) is 1. The molecule has 1 aliphatic rings. The average molecular weight is 535 g/mol. The number of rotatable bonds is 11. The largest absolute Gasteiger partial charge is 0.497 e. The van der Waals surface area contributed by atoms with E-state index in [0.717, 1.165) is 57.4 Å². The summed E-state index contributed by atoms with van der Waals surface area (Å²) < 4.78 is 6.48. The molecule has 0 spiro atoms. The van der Waals surface area contributed by atoms with Gasteiger partial charge in [0.05, 0.1) is 33.9 Å². The van der Waals surface area contributed by atoms with Gasteiger partial charge in [-0.25, -0.2) is 0 Å². The minimum absolute atomic E-state index is 0.0559. The zero-order valence-corrected chi connectivity index (χ0v) is 22.1. The summed E-state index contributed by atoms with van der Waals surface area (Å²) in [6, 6.07) is 9.39. The number of pyridine rings is 1. The second-order valence-corrected chi connectivity index (χ2v) is 11.6. The van der Waals surface area contributed by atoms with Crippen LogP contribution >= 0.6 is 34.7 Å². The van der Waals surface area contributed by atoms with E-state index in [1.54, 1.807) is 36.4 Å². The van der Waals surface area contributed by atoms with E-state index in [1.807, 2.05) is 35.7 Å². The summed E-state index contributed by atoms with van der Waals surface area (Å²) in [4.78, 5) is 18.7. The highest BCUT2D eigenvalue weighted by Gasteiger charge is 2.34. The Balaban J connectivity index is 1.30. The molecule has 6 nitrogen and oxygen atoms in total. The fraction of sp³-hybridized carbons (Fsp3) is 0.462. The van der Waals surface area contributed by atoms with Crippen LogP contribution in [0.4, 0.5) is 0 Å². The number of benzene rings is 1. The highest BCUT2D eigenvalue weighted by atomic mass is 35.5. The van der Waals surface area contributed by atoms with Gasteiger partial charge in [0.2, 0.25) is 0 Å². The Hall–Kier alpha value is -1.84. The molecule has 1 unspecified atom stereocenters. The summed E-state index contributed by atoms with van der Waals surface area (Å²) in [6.45, 7) is 2.35. The lowest BCUT2D eigenvalue weighted by molar-refractivity contribution is -0.146. The van der Waals surface area contributed by atoms with E-state index in [0.29, 0.717) is 25.1 Å². The van der Waals surface area contributed by atoms with Gasteiger partial charge in [-0.05, 0) is 86.0 Å². The number of fused-ring (bicyclic) bond motifs is 1. The summed E-state index contributed by atoms with van der Waals surface area (Å²) >= 11 is 9.58. The van der Waals surface area contributed by atoms with Crippen molar-refractivity contribution >= 4 is 51.6 Å². The maximum atomic E-state index is 12.1. The number of hydrogen-bond donors (Lipinski definition) is 2. The molecule has 35 heavy (non-hydrogen) atoms. The second kappa shape index (κ2) is 12.4. The Morgan fingerprint density at radius 2 is 2.23 bits per heavy atom. The lowest BCUT2D eigenvalue weighted by atomic mass is 9.81. The molecule has 0 bridgehead atoms. The smallest absolute Gasteiger partial charge is 0.308 e. The van der Waals surface area contributed by atoms with E-state index >= 15 is 0 Å². The number of ether oxygens (including phenoxy) is 1. The Kier molecular flexibility index (Phi) is 9.30. The van der Waals surface area contributed by atoms with Gasteiger partial charge >= 0.3 is 5.97 Å². The van der Waals surface area contributed by atoms with E-state index < -0.39 is 18.0 Å². The minimum Gasteiger partial charge on any atom is -0.497 e. The van der Waals surface area contributed by atoms with Gasteiger partial charge in [-0.3, -0.25) is 9.78 Å². The third kappa shape index (κ3) is 6.68. The first-order valence-corrected chi connectivity index (χ1v) is 14.1.